The van der Waals surface area contributed by atoms with Crippen molar-refractivity contribution >= 4 is 6.03 Å². The summed E-state index contributed by atoms with van der Waals surface area (Å²) in [5.74, 6) is 0. The Bertz CT molecular complexity index is 196. The molecule has 0 atom stereocenters. The summed E-state index contributed by atoms with van der Waals surface area (Å²) < 4.78 is 9.79. The number of nitrogens with one attached hydrogen (secondary N) is 2. The molecular weight excluding hydrogens is 184 g/mol. The molecule has 0 aromatic rings. The highest BCUT2D eigenvalue weighted by Crippen LogP contribution is 1.87. The van der Waals surface area contributed by atoms with E-state index < -0.39 is 6.29 Å². The molecule has 0 bridgehead atoms. The second-order valence-corrected chi connectivity index (χ2v) is 2.98. The van der Waals surface area contributed by atoms with Crippen molar-refractivity contribution in [3.63, 3.8) is 0 Å². The smallest absolute Gasteiger partial charge is 0.318 e. The molecule has 2 amide bonds. The Morgan fingerprint density at radius 3 is 2.36 bits per heavy atom. The number of amides is 2. The minimum Gasteiger partial charge on any atom is -0.354 e. The normalized spacial score (nSPS) is 9.79. The highest BCUT2D eigenvalue weighted by molar-refractivity contribution is 5.74. The van der Waals surface area contributed by atoms with Gasteiger partial charge in [-0.05, 0) is 13.8 Å². The number of urea groups is 1. The maximum Gasteiger partial charge on any atom is 0.318 e. The molecular formula is C9H18N2O3. The lowest BCUT2D eigenvalue weighted by atomic mass is 10.4. The Kier molecular flexibility index (Phi) is 6.78. The second-order valence-electron chi connectivity index (χ2n) is 2.98. The number of ether oxygens (including phenoxy) is 2. The van der Waals surface area contributed by atoms with Gasteiger partial charge in [-0.1, -0.05) is 5.57 Å². The minimum absolute atomic E-state index is 0.273. The van der Waals surface area contributed by atoms with Gasteiger partial charge in [-0.3, -0.25) is 0 Å². The third-order valence-electron chi connectivity index (χ3n) is 1.45. The van der Waals surface area contributed by atoms with Crippen molar-refractivity contribution < 1.29 is 14.3 Å². The first-order chi connectivity index (χ1) is 6.60. The van der Waals surface area contributed by atoms with Crippen LogP contribution in [0.3, 0.4) is 0 Å². The fraction of sp³-hybridized carbons (Fsp3) is 0.667. The molecule has 0 unspecified atom stereocenters. The van der Waals surface area contributed by atoms with Crippen LogP contribution in [-0.4, -0.2) is 33.1 Å². The number of carbonyl (C=O) groups excluding carboxylic acids is 1. The number of carbonyl (C=O) groups is 1. The fourth-order valence-electron chi connectivity index (χ4n) is 0.700. The quantitative estimate of drug-likeness (QED) is 0.649. The van der Waals surface area contributed by atoms with Gasteiger partial charge in [0.25, 0.3) is 0 Å². The van der Waals surface area contributed by atoms with Crippen LogP contribution in [0.1, 0.15) is 13.8 Å². The van der Waals surface area contributed by atoms with Crippen molar-refractivity contribution in [1.29, 1.82) is 0 Å². The highest BCUT2D eigenvalue weighted by atomic mass is 16.7. The minimum atomic E-state index is -0.410. The maximum absolute atomic E-state index is 11.1. The van der Waals surface area contributed by atoms with E-state index in [0.29, 0.717) is 6.54 Å². The largest absolute Gasteiger partial charge is 0.354 e. The molecule has 0 aliphatic rings. The molecule has 5 nitrogen and oxygen atoms in total. The van der Waals surface area contributed by atoms with Gasteiger partial charge in [-0.25, -0.2) is 4.79 Å². The van der Waals surface area contributed by atoms with E-state index in [2.05, 4.69) is 10.6 Å². The topological polar surface area (TPSA) is 59.6 Å². The molecule has 0 radical (unpaired) electrons. The van der Waals surface area contributed by atoms with Gasteiger partial charge in [0.05, 0.1) is 6.54 Å². The van der Waals surface area contributed by atoms with Gasteiger partial charge in [0.15, 0.2) is 6.29 Å². The van der Waals surface area contributed by atoms with Crippen LogP contribution in [0, 0.1) is 0 Å². The van der Waals surface area contributed by atoms with Crippen LogP contribution in [-0.2, 0) is 9.47 Å². The summed E-state index contributed by atoms with van der Waals surface area (Å²) >= 11 is 0. The molecule has 0 saturated carbocycles. The number of methoxy groups -OCH3 is 2. The third-order valence-corrected chi connectivity index (χ3v) is 1.45. The third kappa shape index (κ3) is 6.45. The van der Waals surface area contributed by atoms with Crippen molar-refractivity contribution in [2.45, 2.75) is 20.1 Å². The molecule has 0 aromatic heterocycles. The van der Waals surface area contributed by atoms with Gasteiger partial charge in [0.2, 0.25) is 0 Å². The standard InChI is InChI=1S/C9H18N2O3/c1-7(2)5-10-9(12)11-6-8(13-3)14-4/h5,8H,6H2,1-4H3,(H2,10,11,12). The fourth-order valence-corrected chi connectivity index (χ4v) is 0.700. The second kappa shape index (κ2) is 7.34. The molecule has 0 rings (SSSR count). The van der Waals surface area contributed by atoms with Crippen LogP contribution < -0.4 is 10.6 Å². The zero-order valence-corrected chi connectivity index (χ0v) is 9.09. The highest BCUT2D eigenvalue weighted by Gasteiger charge is 2.05. The number of hydrogen-bond acceptors (Lipinski definition) is 3. The summed E-state index contributed by atoms with van der Waals surface area (Å²) in [6.45, 7) is 4.11. The van der Waals surface area contributed by atoms with Crippen molar-refractivity contribution in [2.75, 3.05) is 20.8 Å². The van der Waals surface area contributed by atoms with Crippen molar-refractivity contribution in [1.82, 2.24) is 10.6 Å². The summed E-state index contributed by atoms with van der Waals surface area (Å²) in [6, 6.07) is -0.273. The van der Waals surface area contributed by atoms with E-state index in [1.807, 2.05) is 13.8 Å². The Hall–Kier alpha value is -1.07. The molecule has 0 aromatic carbocycles. The number of rotatable bonds is 5. The van der Waals surface area contributed by atoms with Gasteiger partial charge in [0, 0.05) is 20.4 Å². The van der Waals surface area contributed by atoms with E-state index in [9.17, 15) is 4.79 Å². The van der Waals surface area contributed by atoms with Gasteiger partial charge >= 0.3 is 6.03 Å². The van der Waals surface area contributed by atoms with Crippen LogP contribution in [0.2, 0.25) is 0 Å². The summed E-state index contributed by atoms with van der Waals surface area (Å²) in [5.41, 5.74) is 1.02. The van der Waals surface area contributed by atoms with Crippen molar-refractivity contribution in [2.24, 2.45) is 0 Å². The molecule has 0 spiro atoms. The Labute approximate surface area is 84.5 Å². The molecule has 82 valence electrons. The first kappa shape index (κ1) is 12.9. The Morgan fingerprint density at radius 1 is 1.36 bits per heavy atom. The molecule has 5 heteroatoms. The average molecular weight is 202 g/mol. The van der Waals surface area contributed by atoms with Crippen LogP contribution in [0.5, 0.6) is 0 Å². The molecule has 0 aliphatic carbocycles. The van der Waals surface area contributed by atoms with E-state index in [0.717, 1.165) is 5.57 Å². The Morgan fingerprint density at radius 2 is 1.93 bits per heavy atom. The van der Waals surface area contributed by atoms with Crippen molar-refractivity contribution in [3.8, 4) is 0 Å². The lowest BCUT2D eigenvalue weighted by molar-refractivity contribution is -0.0971. The van der Waals surface area contributed by atoms with Gasteiger partial charge in [0.1, 0.15) is 0 Å². The van der Waals surface area contributed by atoms with Crippen LogP contribution in [0.25, 0.3) is 0 Å². The van der Waals surface area contributed by atoms with E-state index in [4.69, 9.17) is 9.47 Å². The first-order valence-corrected chi connectivity index (χ1v) is 4.33. The molecule has 0 heterocycles. The van der Waals surface area contributed by atoms with Crippen molar-refractivity contribution in [3.05, 3.63) is 11.8 Å². The van der Waals surface area contributed by atoms with Gasteiger partial charge in [-0.2, -0.15) is 0 Å². The summed E-state index contributed by atoms with van der Waals surface area (Å²) in [7, 11) is 3.04. The zero-order valence-electron chi connectivity index (χ0n) is 9.09. The molecule has 0 fully saturated rings. The lowest BCUT2D eigenvalue weighted by Gasteiger charge is -2.13. The molecule has 0 aliphatic heterocycles. The zero-order chi connectivity index (χ0) is 11.0. The van der Waals surface area contributed by atoms with Gasteiger partial charge < -0.3 is 20.1 Å². The molecule has 0 saturated heterocycles. The molecule has 2 N–H and O–H groups in total. The first-order valence-electron chi connectivity index (χ1n) is 4.33. The lowest BCUT2D eigenvalue weighted by Crippen LogP contribution is -2.38. The summed E-state index contributed by atoms with van der Waals surface area (Å²) in [6.07, 6.45) is 1.22. The predicted molar refractivity (Wildman–Crippen MR) is 53.8 cm³/mol. The SMILES string of the molecule is COC(CNC(=O)NC=C(C)C)OC. The van der Waals surface area contributed by atoms with E-state index in [-0.39, 0.29) is 6.03 Å². The maximum atomic E-state index is 11.1. The number of hydrogen-bond donors (Lipinski definition) is 2. The van der Waals surface area contributed by atoms with Gasteiger partial charge in [-0.15, -0.1) is 0 Å². The monoisotopic (exact) mass is 202 g/mol. The molecule has 14 heavy (non-hydrogen) atoms. The van der Waals surface area contributed by atoms with E-state index in [1.165, 1.54) is 14.2 Å². The van der Waals surface area contributed by atoms with E-state index in [1.54, 1.807) is 6.20 Å². The average Bonchev–Trinajstić information content (AvgIpc) is 2.16. The summed E-state index contributed by atoms with van der Waals surface area (Å²) in [4.78, 5) is 11.1. The summed E-state index contributed by atoms with van der Waals surface area (Å²) in [5, 5.41) is 5.16. The van der Waals surface area contributed by atoms with Crippen LogP contribution >= 0.6 is 0 Å². The van der Waals surface area contributed by atoms with Crippen LogP contribution in [0.15, 0.2) is 11.8 Å². The van der Waals surface area contributed by atoms with E-state index >= 15 is 0 Å². The predicted octanol–water partition coefficient (Wildman–Crippen LogP) is 0.828. The Balaban J connectivity index is 3.68. The number of allylic oxidation sites excluding steroid dienone is 1. The van der Waals surface area contributed by atoms with Crippen LogP contribution in [0.4, 0.5) is 4.79 Å².